The summed E-state index contributed by atoms with van der Waals surface area (Å²) in [5, 5.41) is 0. The number of piperidine rings is 1. The van der Waals surface area contributed by atoms with Crippen molar-refractivity contribution in [1.82, 2.24) is 9.88 Å². The van der Waals surface area contributed by atoms with E-state index in [-0.39, 0.29) is 18.0 Å². The predicted octanol–water partition coefficient (Wildman–Crippen LogP) is 1.06. The number of pyridine rings is 1. The van der Waals surface area contributed by atoms with Gasteiger partial charge >= 0.3 is 0 Å². The maximum Gasteiger partial charge on any atom is 0.217 e. The van der Waals surface area contributed by atoms with Crippen molar-refractivity contribution in [3.8, 4) is 0 Å². The highest BCUT2D eigenvalue weighted by Crippen LogP contribution is 2.29. The molecule has 1 aromatic heterocycles. The van der Waals surface area contributed by atoms with Gasteiger partial charge in [-0.3, -0.25) is 14.7 Å². The number of nitrogens with two attached hydrogens (primary N) is 2. The minimum Gasteiger partial charge on any atom is -0.370 e. The normalized spacial score (nSPS) is 20.5. The van der Waals surface area contributed by atoms with E-state index in [1.54, 1.807) is 6.20 Å². The van der Waals surface area contributed by atoms with Crippen molar-refractivity contribution < 1.29 is 4.79 Å². The van der Waals surface area contributed by atoms with Crippen LogP contribution >= 0.6 is 0 Å². The molecule has 5 nitrogen and oxygen atoms in total. The second-order valence-electron chi connectivity index (χ2n) is 5.74. The summed E-state index contributed by atoms with van der Waals surface area (Å²) in [5.41, 5.74) is 12.6. The minimum absolute atomic E-state index is 0.0480. The molecule has 1 fully saturated rings. The SMILES string of the molecule is CC(N)C(c1cccnc1)N1CCC(CC(N)=O)CC1. The van der Waals surface area contributed by atoms with Crippen molar-refractivity contribution in [2.75, 3.05) is 13.1 Å². The number of hydrogen-bond donors (Lipinski definition) is 2. The standard InChI is InChI=1S/C15H24N4O/c1-11(16)15(13-3-2-6-18-10-13)19-7-4-12(5-8-19)9-14(17)20/h2-3,6,10-12,15H,4-5,7-9,16H2,1H3,(H2,17,20). The van der Waals surface area contributed by atoms with Crippen LogP contribution in [0.5, 0.6) is 0 Å². The molecule has 1 amide bonds. The lowest BCUT2D eigenvalue weighted by atomic mass is 9.90. The lowest BCUT2D eigenvalue weighted by molar-refractivity contribution is -0.119. The second-order valence-corrected chi connectivity index (χ2v) is 5.74. The van der Waals surface area contributed by atoms with Crippen LogP contribution in [0.2, 0.25) is 0 Å². The fourth-order valence-electron chi connectivity index (χ4n) is 3.12. The van der Waals surface area contributed by atoms with Crippen molar-refractivity contribution in [3.05, 3.63) is 30.1 Å². The first-order chi connectivity index (χ1) is 9.58. The first kappa shape index (κ1) is 14.9. The fraction of sp³-hybridized carbons (Fsp3) is 0.600. The van der Waals surface area contributed by atoms with E-state index in [9.17, 15) is 4.79 Å². The zero-order chi connectivity index (χ0) is 14.5. The zero-order valence-electron chi connectivity index (χ0n) is 12.0. The van der Waals surface area contributed by atoms with E-state index >= 15 is 0 Å². The van der Waals surface area contributed by atoms with Crippen LogP contribution in [-0.4, -0.2) is 34.9 Å². The van der Waals surface area contributed by atoms with Crippen LogP contribution in [0.15, 0.2) is 24.5 Å². The second kappa shape index (κ2) is 6.81. The summed E-state index contributed by atoms with van der Waals surface area (Å²) in [6.07, 6.45) is 6.19. The van der Waals surface area contributed by atoms with Crippen molar-refractivity contribution in [2.45, 2.75) is 38.3 Å². The van der Waals surface area contributed by atoms with Crippen LogP contribution in [0.1, 0.15) is 37.8 Å². The van der Waals surface area contributed by atoms with Gasteiger partial charge in [-0.1, -0.05) is 6.07 Å². The minimum atomic E-state index is -0.195. The molecular weight excluding hydrogens is 252 g/mol. The van der Waals surface area contributed by atoms with E-state index in [1.807, 2.05) is 19.2 Å². The van der Waals surface area contributed by atoms with Gasteiger partial charge in [0, 0.05) is 24.9 Å². The highest BCUT2D eigenvalue weighted by atomic mass is 16.1. The van der Waals surface area contributed by atoms with Gasteiger partial charge in [0.05, 0.1) is 6.04 Å². The Morgan fingerprint density at radius 1 is 1.50 bits per heavy atom. The van der Waals surface area contributed by atoms with Gasteiger partial charge in [0.1, 0.15) is 0 Å². The molecule has 0 radical (unpaired) electrons. The van der Waals surface area contributed by atoms with Gasteiger partial charge in [0.25, 0.3) is 0 Å². The summed E-state index contributed by atoms with van der Waals surface area (Å²) < 4.78 is 0. The third-order valence-electron chi connectivity index (χ3n) is 4.06. The highest BCUT2D eigenvalue weighted by Gasteiger charge is 2.28. The summed E-state index contributed by atoms with van der Waals surface area (Å²) in [6.45, 7) is 3.95. The molecule has 1 aliphatic rings. The molecule has 0 saturated carbocycles. The van der Waals surface area contributed by atoms with Crippen LogP contribution in [0.4, 0.5) is 0 Å². The van der Waals surface area contributed by atoms with Gasteiger partial charge in [0.2, 0.25) is 5.91 Å². The number of nitrogens with zero attached hydrogens (tertiary/aromatic N) is 2. The number of aromatic nitrogens is 1. The molecule has 5 heteroatoms. The van der Waals surface area contributed by atoms with E-state index in [0.29, 0.717) is 12.3 Å². The molecule has 0 aliphatic carbocycles. The van der Waals surface area contributed by atoms with Crippen LogP contribution < -0.4 is 11.5 Å². The monoisotopic (exact) mass is 276 g/mol. The molecule has 20 heavy (non-hydrogen) atoms. The Labute approximate surface area is 120 Å². The molecule has 0 aromatic carbocycles. The smallest absolute Gasteiger partial charge is 0.217 e. The molecule has 2 atom stereocenters. The number of primary amides is 1. The Hall–Kier alpha value is -1.46. The number of likely N-dealkylation sites (tertiary alicyclic amines) is 1. The van der Waals surface area contributed by atoms with Crippen molar-refractivity contribution >= 4 is 5.91 Å². The molecule has 1 aliphatic heterocycles. The number of carbonyl (C=O) groups excluding carboxylic acids is 1. The van der Waals surface area contributed by atoms with E-state index in [1.165, 1.54) is 0 Å². The lowest BCUT2D eigenvalue weighted by Gasteiger charge is -2.39. The largest absolute Gasteiger partial charge is 0.370 e. The average molecular weight is 276 g/mol. The van der Waals surface area contributed by atoms with Crippen molar-refractivity contribution in [1.29, 1.82) is 0 Å². The third kappa shape index (κ3) is 3.77. The number of rotatable bonds is 5. The summed E-state index contributed by atoms with van der Waals surface area (Å²) in [5.74, 6) is 0.228. The van der Waals surface area contributed by atoms with Gasteiger partial charge in [-0.2, -0.15) is 0 Å². The molecule has 0 spiro atoms. The number of hydrogen-bond acceptors (Lipinski definition) is 4. The van der Waals surface area contributed by atoms with Gasteiger partial charge < -0.3 is 11.5 Å². The molecule has 1 saturated heterocycles. The highest BCUT2D eigenvalue weighted by molar-refractivity contribution is 5.73. The Morgan fingerprint density at radius 3 is 2.70 bits per heavy atom. The van der Waals surface area contributed by atoms with E-state index in [2.05, 4.69) is 16.0 Å². The topological polar surface area (TPSA) is 85.2 Å². The van der Waals surface area contributed by atoms with E-state index < -0.39 is 0 Å². The van der Waals surface area contributed by atoms with E-state index in [4.69, 9.17) is 11.5 Å². The quantitative estimate of drug-likeness (QED) is 0.842. The zero-order valence-corrected chi connectivity index (χ0v) is 12.0. The number of amides is 1. The van der Waals surface area contributed by atoms with Crippen LogP contribution in [-0.2, 0) is 4.79 Å². The van der Waals surface area contributed by atoms with Gasteiger partial charge in [-0.15, -0.1) is 0 Å². The molecular formula is C15H24N4O. The van der Waals surface area contributed by atoms with Gasteiger partial charge in [-0.05, 0) is 50.4 Å². The molecule has 110 valence electrons. The molecule has 2 rings (SSSR count). The van der Waals surface area contributed by atoms with Crippen molar-refractivity contribution in [2.24, 2.45) is 17.4 Å². The van der Waals surface area contributed by atoms with Crippen LogP contribution in [0, 0.1) is 5.92 Å². The first-order valence-corrected chi connectivity index (χ1v) is 7.25. The Balaban J connectivity index is 2.01. The fourth-order valence-corrected chi connectivity index (χ4v) is 3.12. The molecule has 4 N–H and O–H groups in total. The van der Waals surface area contributed by atoms with Gasteiger partial charge in [0.15, 0.2) is 0 Å². The molecule has 1 aromatic rings. The van der Waals surface area contributed by atoms with Crippen molar-refractivity contribution in [3.63, 3.8) is 0 Å². The average Bonchev–Trinajstić information content (AvgIpc) is 2.41. The number of carbonyl (C=O) groups is 1. The van der Waals surface area contributed by atoms with Crippen LogP contribution in [0.25, 0.3) is 0 Å². The Bertz CT molecular complexity index is 427. The third-order valence-corrected chi connectivity index (χ3v) is 4.06. The Kier molecular flexibility index (Phi) is 5.09. The molecule has 0 bridgehead atoms. The summed E-state index contributed by atoms with van der Waals surface area (Å²) in [7, 11) is 0. The van der Waals surface area contributed by atoms with Crippen LogP contribution in [0.3, 0.4) is 0 Å². The van der Waals surface area contributed by atoms with Gasteiger partial charge in [-0.25, -0.2) is 0 Å². The summed E-state index contributed by atoms with van der Waals surface area (Å²) in [6, 6.07) is 4.27. The maximum atomic E-state index is 11.0. The molecule has 2 unspecified atom stereocenters. The summed E-state index contributed by atoms with van der Waals surface area (Å²) >= 11 is 0. The molecule has 2 heterocycles. The predicted molar refractivity (Wildman–Crippen MR) is 78.7 cm³/mol. The maximum absolute atomic E-state index is 11.0. The first-order valence-electron chi connectivity index (χ1n) is 7.25. The summed E-state index contributed by atoms with van der Waals surface area (Å²) in [4.78, 5) is 17.6. The van der Waals surface area contributed by atoms with E-state index in [0.717, 1.165) is 31.5 Å². The Morgan fingerprint density at radius 2 is 2.20 bits per heavy atom. The lowest BCUT2D eigenvalue weighted by Crippen LogP contribution is -2.44.